The number of nitrogens with zero attached hydrogens (tertiary/aromatic N) is 4. The number of aryl methyl sites for hydroxylation is 1. The van der Waals surface area contributed by atoms with Gasteiger partial charge in [0.1, 0.15) is 18.2 Å². The molecule has 0 bridgehead atoms. The summed E-state index contributed by atoms with van der Waals surface area (Å²) in [6.07, 6.45) is 1.02. The van der Waals surface area contributed by atoms with Gasteiger partial charge in [0.15, 0.2) is 5.82 Å². The predicted octanol–water partition coefficient (Wildman–Crippen LogP) is 3.92. The Morgan fingerprint density at radius 2 is 1.85 bits per heavy atom. The van der Waals surface area contributed by atoms with E-state index < -0.39 is 0 Å². The number of ether oxygens (including phenoxy) is 1. The molecule has 0 radical (unpaired) electrons. The van der Waals surface area contributed by atoms with Crippen molar-refractivity contribution in [3.63, 3.8) is 0 Å². The van der Waals surface area contributed by atoms with Crippen molar-refractivity contribution < 1.29 is 9.13 Å². The average Bonchev–Trinajstić information content (AvgIpc) is 3.10. The number of thioether (sulfide) groups is 1. The normalized spacial score (nSPS) is 13.2. The SMILES string of the molecule is CCc1ccc(C2=Nn3c(COc4ccc(F)cc4)nnc3SC2)cc1. The Hall–Kier alpha value is -2.67. The van der Waals surface area contributed by atoms with E-state index in [1.165, 1.54) is 17.7 Å². The predicted molar refractivity (Wildman–Crippen MR) is 99.2 cm³/mol. The molecule has 0 saturated heterocycles. The quantitative estimate of drug-likeness (QED) is 0.685. The van der Waals surface area contributed by atoms with E-state index in [4.69, 9.17) is 9.84 Å². The minimum Gasteiger partial charge on any atom is -0.486 e. The van der Waals surface area contributed by atoms with Crippen molar-refractivity contribution in [1.29, 1.82) is 0 Å². The van der Waals surface area contributed by atoms with Crippen LogP contribution in [0.4, 0.5) is 4.39 Å². The maximum Gasteiger partial charge on any atom is 0.212 e. The largest absolute Gasteiger partial charge is 0.486 e. The summed E-state index contributed by atoms with van der Waals surface area (Å²) in [5, 5.41) is 13.8. The van der Waals surface area contributed by atoms with Gasteiger partial charge in [0.2, 0.25) is 5.16 Å². The third-order valence-electron chi connectivity index (χ3n) is 4.11. The van der Waals surface area contributed by atoms with Gasteiger partial charge < -0.3 is 4.74 Å². The summed E-state index contributed by atoms with van der Waals surface area (Å²) < 4.78 is 20.4. The molecule has 26 heavy (non-hydrogen) atoms. The van der Waals surface area contributed by atoms with E-state index >= 15 is 0 Å². The van der Waals surface area contributed by atoms with Gasteiger partial charge in [-0.2, -0.15) is 9.78 Å². The lowest BCUT2D eigenvalue weighted by molar-refractivity contribution is 0.289. The molecular formula is C19H17FN4OS. The van der Waals surface area contributed by atoms with E-state index in [0.29, 0.717) is 11.6 Å². The number of rotatable bonds is 5. The third kappa shape index (κ3) is 3.48. The lowest BCUT2D eigenvalue weighted by atomic mass is 10.1. The Morgan fingerprint density at radius 3 is 2.58 bits per heavy atom. The van der Waals surface area contributed by atoms with Crippen molar-refractivity contribution in [2.24, 2.45) is 5.10 Å². The molecule has 7 heteroatoms. The van der Waals surface area contributed by atoms with Crippen LogP contribution in [0, 0.1) is 5.82 Å². The first-order chi connectivity index (χ1) is 12.7. The van der Waals surface area contributed by atoms with Crippen LogP contribution >= 0.6 is 11.8 Å². The second kappa shape index (κ2) is 7.29. The zero-order valence-electron chi connectivity index (χ0n) is 14.2. The van der Waals surface area contributed by atoms with Gasteiger partial charge in [-0.05, 0) is 41.8 Å². The van der Waals surface area contributed by atoms with Gasteiger partial charge in [0, 0.05) is 5.75 Å². The van der Waals surface area contributed by atoms with E-state index in [0.717, 1.165) is 28.6 Å². The van der Waals surface area contributed by atoms with E-state index in [1.54, 1.807) is 28.6 Å². The molecule has 0 N–H and O–H groups in total. The van der Waals surface area contributed by atoms with Crippen LogP contribution in [-0.4, -0.2) is 26.3 Å². The Morgan fingerprint density at radius 1 is 1.08 bits per heavy atom. The molecule has 2 aromatic carbocycles. The highest BCUT2D eigenvalue weighted by Gasteiger charge is 2.20. The Balaban J connectivity index is 1.55. The molecule has 5 nitrogen and oxygen atoms in total. The number of fused-ring (bicyclic) bond motifs is 1. The van der Waals surface area contributed by atoms with Crippen LogP contribution in [0.1, 0.15) is 23.9 Å². The fourth-order valence-electron chi connectivity index (χ4n) is 2.61. The van der Waals surface area contributed by atoms with Gasteiger partial charge in [-0.3, -0.25) is 0 Å². The van der Waals surface area contributed by atoms with E-state index in [9.17, 15) is 4.39 Å². The van der Waals surface area contributed by atoms with Crippen LogP contribution in [0.2, 0.25) is 0 Å². The summed E-state index contributed by atoms with van der Waals surface area (Å²) in [6, 6.07) is 14.3. The van der Waals surface area contributed by atoms with Crippen molar-refractivity contribution >= 4 is 17.5 Å². The van der Waals surface area contributed by atoms with Crippen LogP contribution in [0.25, 0.3) is 0 Å². The summed E-state index contributed by atoms with van der Waals surface area (Å²) in [5.74, 6) is 1.64. The molecule has 0 amide bonds. The molecule has 1 aromatic heterocycles. The standard InChI is InChI=1S/C19H17FN4OS/c1-2-13-3-5-14(6-4-13)17-12-26-19-22-21-18(24(19)23-17)11-25-16-9-7-15(20)8-10-16/h3-10H,2,11-12H2,1H3. The molecule has 0 unspecified atom stereocenters. The molecular weight excluding hydrogens is 351 g/mol. The van der Waals surface area contributed by atoms with Gasteiger partial charge in [-0.25, -0.2) is 4.39 Å². The minimum absolute atomic E-state index is 0.213. The Labute approximate surface area is 154 Å². The topological polar surface area (TPSA) is 52.3 Å². The zero-order chi connectivity index (χ0) is 17.9. The number of aromatic nitrogens is 3. The fraction of sp³-hybridized carbons (Fsp3) is 0.211. The lowest BCUT2D eigenvalue weighted by Crippen LogP contribution is -2.15. The van der Waals surface area contributed by atoms with E-state index in [-0.39, 0.29) is 12.4 Å². The smallest absolute Gasteiger partial charge is 0.212 e. The summed E-state index contributed by atoms with van der Waals surface area (Å²) in [4.78, 5) is 0. The third-order valence-corrected chi connectivity index (χ3v) is 5.04. The fourth-order valence-corrected chi connectivity index (χ4v) is 3.47. The van der Waals surface area contributed by atoms with Crippen molar-refractivity contribution in [2.75, 3.05) is 5.75 Å². The van der Waals surface area contributed by atoms with E-state index in [2.05, 4.69) is 41.4 Å². The average molecular weight is 368 g/mol. The molecule has 4 rings (SSSR count). The van der Waals surface area contributed by atoms with Crippen molar-refractivity contribution in [3.05, 3.63) is 71.3 Å². The van der Waals surface area contributed by atoms with E-state index in [1.807, 2.05) is 0 Å². The molecule has 1 aliphatic rings. The number of halogens is 1. The molecule has 0 aliphatic carbocycles. The second-order valence-corrected chi connectivity index (χ2v) is 6.78. The molecule has 1 aliphatic heterocycles. The lowest BCUT2D eigenvalue weighted by Gasteiger charge is -2.14. The van der Waals surface area contributed by atoms with Crippen molar-refractivity contribution in [3.8, 4) is 5.75 Å². The highest BCUT2D eigenvalue weighted by Crippen LogP contribution is 2.25. The molecule has 0 fully saturated rings. The van der Waals surface area contributed by atoms with Gasteiger partial charge in [-0.15, -0.1) is 10.2 Å². The van der Waals surface area contributed by atoms with Crippen molar-refractivity contribution in [1.82, 2.24) is 14.9 Å². The maximum atomic E-state index is 13.0. The maximum absolute atomic E-state index is 13.0. The summed E-state index contributed by atoms with van der Waals surface area (Å²) in [5.41, 5.74) is 3.38. The number of hydrogen-bond acceptors (Lipinski definition) is 5. The van der Waals surface area contributed by atoms with Gasteiger partial charge in [0.05, 0.1) is 5.71 Å². The first-order valence-electron chi connectivity index (χ1n) is 8.35. The van der Waals surface area contributed by atoms with Crippen LogP contribution < -0.4 is 4.74 Å². The zero-order valence-corrected chi connectivity index (χ0v) is 15.0. The van der Waals surface area contributed by atoms with Crippen LogP contribution in [0.15, 0.2) is 58.8 Å². The molecule has 0 atom stereocenters. The molecule has 2 heterocycles. The second-order valence-electron chi connectivity index (χ2n) is 5.84. The monoisotopic (exact) mass is 368 g/mol. The van der Waals surface area contributed by atoms with Crippen molar-refractivity contribution in [2.45, 2.75) is 25.1 Å². The molecule has 0 saturated carbocycles. The molecule has 0 spiro atoms. The van der Waals surface area contributed by atoms with Gasteiger partial charge in [-0.1, -0.05) is 43.0 Å². The number of hydrogen-bond donors (Lipinski definition) is 0. The molecule has 132 valence electrons. The van der Waals surface area contributed by atoms with Crippen LogP contribution in [-0.2, 0) is 13.0 Å². The summed E-state index contributed by atoms with van der Waals surface area (Å²) in [6.45, 7) is 2.35. The minimum atomic E-state index is -0.294. The Bertz CT molecular complexity index is 935. The van der Waals surface area contributed by atoms with Crippen LogP contribution in [0.5, 0.6) is 5.75 Å². The van der Waals surface area contributed by atoms with Crippen LogP contribution in [0.3, 0.4) is 0 Å². The van der Waals surface area contributed by atoms with Gasteiger partial charge >= 0.3 is 0 Å². The Kier molecular flexibility index (Phi) is 4.71. The summed E-state index contributed by atoms with van der Waals surface area (Å²) >= 11 is 1.60. The van der Waals surface area contributed by atoms with Gasteiger partial charge in [0.25, 0.3) is 0 Å². The highest BCUT2D eigenvalue weighted by atomic mass is 32.2. The molecule has 3 aromatic rings. The first-order valence-corrected chi connectivity index (χ1v) is 9.34. The highest BCUT2D eigenvalue weighted by molar-refractivity contribution is 7.99. The first kappa shape index (κ1) is 16.8. The number of benzene rings is 2. The summed E-state index contributed by atoms with van der Waals surface area (Å²) in [7, 11) is 0.